The second kappa shape index (κ2) is 8.92. The average Bonchev–Trinajstić information content (AvgIpc) is 2.79. The number of hydrogen-bond acceptors (Lipinski definition) is 6. The highest BCUT2D eigenvalue weighted by Crippen LogP contribution is 2.30. The molecule has 30 heavy (non-hydrogen) atoms. The highest BCUT2D eigenvalue weighted by atomic mass is 79.9. The summed E-state index contributed by atoms with van der Waals surface area (Å²) >= 11 is 3.53. The SMILES string of the molecule is COc1ccc(C=NNc2nc(-c3ccccc3)c3cc(Br)ccc3n2)cc1OC. The highest BCUT2D eigenvalue weighted by molar-refractivity contribution is 9.10. The number of nitrogens with zero attached hydrogens (tertiary/aromatic N) is 3. The fraction of sp³-hybridized carbons (Fsp3) is 0.0870. The third-order valence-corrected chi connectivity index (χ3v) is 4.98. The first kappa shape index (κ1) is 19.8. The van der Waals surface area contributed by atoms with Gasteiger partial charge in [-0.25, -0.2) is 15.4 Å². The van der Waals surface area contributed by atoms with Crippen molar-refractivity contribution in [2.24, 2.45) is 5.10 Å². The zero-order chi connectivity index (χ0) is 20.9. The van der Waals surface area contributed by atoms with Gasteiger partial charge in [-0.15, -0.1) is 0 Å². The van der Waals surface area contributed by atoms with E-state index in [4.69, 9.17) is 14.5 Å². The number of hydrogen-bond donors (Lipinski definition) is 1. The van der Waals surface area contributed by atoms with Crippen molar-refractivity contribution >= 4 is 39.0 Å². The maximum Gasteiger partial charge on any atom is 0.244 e. The summed E-state index contributed by atoms with van der Waals surface area (Å²) in [7, 11) is 3.20. The van der Waals surface area contributed by atoms with Gasteiger partial charge in [0.1, 0.15) is 0 Å². The summed E-state index contributed by atoms with van der Waals surface area (Å²) in [5, 5.41) is 5.26. The van der Waals surface area contributed by atoms with E-state index in [0.29, 0.717) is 17.4 Å². The van der Waals surface area contributed by atoms with Crippen LogP contribution >= 0.6 is 15.9 Å². The molecule has 0 atom stereocenters. The Morgan fingerprint density at radius 3 is 2.47 bits per heavy atom. The Kier molecular flexibility index (Phi) is 5.90. The van der Waals surface area contributed by atoms with Gasteiger partial charge in [-0.1, -0.05) is 46.3 Å². The molecule has 0 amide bonds. The fourth-order valence-electron chi connectivity index (χ4n) is 3.06. The molecule has 150 valence electrons. The number of benzene rings is 3. The van der Waals surface area contributed by atoms with Gasteiger partial charge < -0.3 is 9.47 Å². The summed E-state index contributed by atoms with van der Waals surface area (Å²) < 4.78 is 11.6. The van der Waals surface area contributed by atoms with E-state index in [1.807, 2.05) is 66.7 Å². The van der Waals surface area contributed by atoms with E-state index in [9.17, 15) is 0 Å². The maximum atomic E-state index is 5.33. The lowest BCUT2D eigenvalue weighted by Gasteiger charge is -2.09. The van der Waals surface area contributed by atoms with Crippen molar-refractivity contribution in [2.45, 2.75) is 0 Å². The smallest absolute Gasteiger partial charge is 0.244 e. The summed E-state index contributed by atoms with van der Waals surface area (Å²) in [4.78, 5) is 9.30. The monoisotopic (exact) mass is 462 g/mol. The second-order valence-corrected chi connectivity index (χ2v) is 7.32. The minimum Gasteiger partial charge on any atom is -0.493 e. The molecule has 0 radical (unpaired) electrons. The van der Waals surface area contributed by atoms with Gasteiger partial charge in [0.25, 0.3) is 0 Å². The molecule has 7 heteroatoms. The number of anilines is 1. The van der Waals surface area contributed by atoms with Crippen LogP contribution in [0, 0.1) is 0 Å². The third kappa shape index (κ3) is 4.26. The normalized spacial score (nSPS) is 11.0. The molecule has 1 heterocycles. The summed E-state index contributed by atoms with van der Waals surface area (Å²) in [6.07, 6.45) is 1.68. The van der Waals surface area contributed by atoms with Gasteiger partial charge in [-0.05, 0) is 42.0 Å². The Morgan fingerprint density at radius 2 is 1.70 bits per heavy atom. The van der Waals surface area contributed by atoms with E-state index in [1.165, 1.54) is 0 Å². The van der Waals surface area contributed by atoms with Crippen LogP contribution in [0.3, 0.4) is 0 Å². The first-order chi connectivity index (χ1) is 14.7. The molecule has 1 aromatic heterocycles. The van der Waals surface area contributed by atoms with Gasteiger partial charge in [-0.3, -0.25) is 0 Å². The van der Waals surface area contributed by atoms with Crippen LogP contribution in [0.5, 0.6) is 11.5 Å². The van der Waals surface area contributed by atoms with Crippen LogP contribution in [0.1, 0.15) is 5.56 Å². The van der Waals surface area contributed by atoms with Gasteiger partial charge in [-0.2, -0.15) is 5.10 Å². The Hall–Kier alpha value is -3.45. The quantitative estimate of drug-likeness (QED) is 0.301. The number of ether oxygens (including phenoxy) is 2. The van der Waals surface area contributed by atoms with Gasteiger partial charge in [0.2, 0.25) is 5.95 Å². The zero-order valence-electron chi connectivity index (χ0n) is 16.5. The molecule has 0 aliphatic heterocycles. The number of hydrazone groups is 1. The van der Waals surface area contributed by atoms with Crippen molar-refractivity contribution in [2.75, 3.05) is 19.6 Å². The number of methoxy groups -OCH3 is 2. The van der Waals surface area contributed by atoms with E-state index in [1.54, 1.807) is 20.4 Å². The Labute approximate surface area is 182 Å². The lowest BCUT2D eigenvalue weighted by molar-refractivity contribution is 0.355. The van der Waals surface area contributed by atoms with Crippen LogP contribution in [0.25, 0.3) is 22.2 Å². The second-order valence-electron chi connectivity index (χ2n) is 6.41. The first-order valence-corrected chi connectivity index (χ1v) is 10.0. The zero-order valence-corrected chi connectivity index (χ0v) is 18.1. The van der Waals surface area contributed by atoms with Gasteiger partial charge in [0.15, 0.2) is 11.5 Å². The number of halogens is 1. The predicted octanol–water partition coefficient (Wildman–Crippen LogP) is 5.52. The molecular formula is C23H19BrN4O2. The van der Waals surface area contributed by atoms with Crippen molar-refractivity contribution in [3.63, 3.8) is 0 Å². The Balaban J connectivity index is 1.67. The number of rotatable bonds is 6. The predicted molar refractivity (Wildman–Crippen MR) is 123 cm³/mol. The van der Waals surface area contributed by atoms with Crippen LogP contribution in [0.15, 0.2) is 76.3 Å². The van der Waals surface area contributed by atoms with Crippen molar-refractivity contribution in [3.05, 3.63) is 76.8 Å². The van der Waals surface area contributed by atoms with Crippen LogP contribution in [0.4, 0.5) is 5.95 Å². The molecule has 4 aromatic rings. The van der Waals surface area contributed by atoms with Gasteiger partial charge in [0, 0.05) is 15.4 Å². The Bertz CT molecular complexity index is 1210. The lowest BCUT2D eigenvalue weighted by atomic mass is 10.1. The van der Waals surface area contributed by atoms with Crippen LogP contribution in [-0.2, 0) is 0 Å². The summed E-state index contributed by atoms with van der Waals surface area (Å²) in [6.45, 7) is 0. The fourth-order valence-corrected chi connectivity index (χ4v) is 3.43. The van der Waals surface area contributed by atoms with Crippen molar-refractivity contribution < 1.29 is 9.47 Å². The van der Waals surface area contributed by atoms with E-state index in [2.05, 4.69) is 31.4 Å². The molecule has 4 rings (SSSR count). The van der Waals surface area contributed by atoms with E-state index in [-0.39, 0.29) is 0 Å². The number of nitrogens with one attached hydrogen (secondary N) is 1. The Morgan fingerprint density at radius 1 is 0.900 bits per heavy atom. The van der Waals surface area contributed by atoms with Crippen molar-refractivity contribution in [3.8, 4) is 22.8 Å². The van der Waals surface area contributed by atoms with Gasteiger partial charge >= 0.3 is 0 Å². The summed E-state index contributed by atoms with van der Waals surface area (Å²) in [6, 6.07) is 21.5. The van der Waals surface area contributed by atoms with Crippen molar-refractivity contribution in [1.82, 2.24) is 9.97 Å². The molecule has 0 aliphatic carbocycles. The highest BCUT2D eigenvalue weighted by Gasteiger charge is 2.10. The topological polar surface area (TPSA) is 68.6 Å². The minimum atomic E-state index is 0.417. The molecule has 0 spiro atoms. The van der Waals surface area contributed by atoms with Gasteiger partial charge in [0.05, 0.1) is 31.6 Å². The molecule has 0 unspecified atom stereocenters. The van der Waals surface area contributed by atoms with Crippen LogP contribution < -0.4 is 14.9 Å². The maximum absolute atomic E-state index is 5.33. The summed E-state index contributed by atoms with van der Waals surface area (Å²) in [5.74, 6) is 1.72. The number of fused-ring (bicyclic) bond motifs is 1. The molecule has 0 saturated heterocycles. The molecular weight excluding hydrogens is 444 g/mol. The molecule has 0 saturated carbocycles. The van der Waals surface area contributed by atoms with E-state index < -0.39 is 0 Å². The molecule has 0 bridgehead atoms. The standard InChI is InChI=1S/C23H19BrN4O2/c1-29-20-11-8-15(12-21(20)30-2)14-25-28-23-26-19-10-9-17(24)13-18(19)22(27-23)16-6-4-3-5-7-16/h3-14H,1-2H3,(H,26,27,28). The van der Waals surface area contributed by atoms with Crippen molar-refractivity contribution in [1.29, 1.82) is 0 Å². The first-order valence-electron chi connectivity index (χ1n) is 9.22. The molecule has 1 N–H and O–H groups in total. The molecule has 6 nitrogen and oxygen atoms in total. The molecule has 0 aliphatic rings. The van der Waals surface area contributed by atoms with Crippen LogP contribution in [-0.4, -0.2) is 30.4 Å². The summed E-state index contributed by atoms with van der Waals surface area (Å²) in [5.41, 5.74) is 6.47. The molecule has 0 fully saturated rings. The van der Waals surface area contributed by atoms with E-state index >= 15 is 0 Å². The minimum absolute atomic E-state index is 0.417. The lowest BCUT2D eigenvalue weighted by Crippen LogP contribution is -2.00. The molecule has 3 aromatic carbocycles. The van der Waals surface area contributed by atoms with Crippen LogP contribution in [0.2, 0.25) is 0 Å². The average molecular weight is 463 g/mol. The third-order valence-electron chi connectivity index (χ3n) is 4.49. The number of aromatic nitrogens is 2. The van der Waals surface area contributed by atoms with E-state index in [0.717, 1.165) is 32.2 Å². The largest absolute Gasteiger partial charge is 0.493 e.